The fourth-order valence-electron chi connectivity index (χ4n) is 1.84. The molecule has 1 aromatic rings. The normalized spacial score (nSPS) is 11.7. The molecule has 0 radical (unpaired) electrons. The molecule has 1 rings (SSSR count). The van der Waals surface area contributed by atoms with E-state index in [0.717, 1.165) is 5.56 Å². The average molecular weight is 290 g/mol. The molecule has 0 atom stereocenters. The Hall–Kier alpha value is -1.30. The Morgan fingerprint density at radius 3 is 2.37 bits per heavy atom. The fourth-order valence-corrected chi connectivity index (χ4v) is 2.00. The Labute approximate surface area is 116 Å². The molecule has 0 fully saturated rings. The molecule has 0 aliphatic carbocycles. The Morgan fingerprint density at radius 1 is 1.37 bits per heavy atom. The third-order valence-electron chi connectivity index (χ3n) is 2.70. The number of alkyl halides is 3. The number of thiocarbonyl (C=S) groups is 1. The summed E-state index contributed by atoms with van der Waals surface area (Å²) in [6.07, 6.45) is -4.28. The van der Waals surface area contributed by atoms with E-state index in [4.69, 9.17) is 18.0 Å². The third kappa shape index (κ3) is 4.38. The minimum absolute atomic E-state index is 0.103. The van der Waals surface area contributed by atoms with Gasteiger partial charge in [0.2, 0.25) is 0 Å². The van der Waals surface area contributed by atoms with Crippen LogP contribution in [0.2, 0.25) is 0 Å². The molecule has 0 heterocycles. The average Bonchev–Trinajstić information content (AvgIpc) is 2.24. The van der Waals surface area contributed by atoms with Crippen LogP contribution in [0.25, 0.3) is 0 Å². The first-order chi connectivity index (χ1) is 8.61. The predicted molar refractivity (Wildman–Crippen MR) is 75.6 cm³/mol. The first-order valence-corrected chi connectivity index (χ1v) is 6.26. The van der Waals surface area contributed by atoms with Gasteiger partial charge in [-0.05, 0) is 32.9 Å². The van der Waals surface area contributed by atoms with E-state index in [1.165, 1.54) is 4.90 Å². The first-order valence-electron chi connectivity index (χ1n) is 5.85. The van der Waals surface area contributed by atoms with E-state index in [9.17, 15) is 13.2 Å². The molecule has 1 aromatic carbocycles. The van der Waals surface area contributed by atoms with Crippen LogP contribution < -0.4 is 10.6 Å². The number of hydrogen-bond donors (Lipinski definition) is 1. The summed E-state index contributed by atoms with van der Waals surface area (Å²) in [6.45, 7) is 4.22. The SMILES string of the molecule is Cc1ccc(N(CC(F)(F)F)C(C)C)c(C(N)=S)c1. The van der Waals surface area contributed by atoms with Crippen molar-refractivity contribution in [3.63, 3.8) is 0 Å². The zero-order chi connectivity index (χ0) is 14.8. The number of benzene rings is 1. The molecule has 0 amide bonds. The Balaban J connectivity index is 3.27. The topological polar surface area (TPSA) is 29.3 Å². The zero-order valence-electron chi connectivity index (χ0n) is 11.1. The Bertz CT molecular complexity index is 469. The van der Waals surface area contributed by atoms with Crippen molar-refractivity contribution in [1.29, 1.82) is 0 Å². The summed E-state index contributed by atoms with van der Waals surface area (Å²) < 4.78 is 38.0. The van der Waals surface area contributed by atoms with Crippen molar-refractivity contribution in [2.75, 3.05) is 11.4 Å². The van der Waals surface area contributed by atoms with Gasteiger partial charge in [0.1, 0.15) is 11.5 Å². The highest BCUT2D eigenvalue weighted by molar-refractivity contribution is 7.80. The van der Waals surface area contributed by atoms with Gasteiger partial charge in [-0.3, -0.25) is 0 Å². The molecule has 0 bridgehead atoms. The highest BCUT2D eigenvalue weighted by atomic mass is 32.1. The molecular weight excluding hydrogens is 273 g/mol. The van der Waals surface area contributed by atoms with Gasteiger partial charge < -0.3 is 10.6 Å². The number of halogens is 3. The summed E-state index contributed by atoms with van der Waals surface area (Å²) in [6, 6.07) is 4.79. The van der Waals surface area contributed by atoms with Gasteiger partial charge in [0.15, 0.2) is 0 Å². The minimum Gasteiger partial charge on any atom is -0.389 e. The Morgan fingerprint density at radius 2 is 1.95 bits per heavy atom. The molecule has 106 valence electrons. The molecule has 0 unspecified atom stereocenters. The molecule has 0 saturated carbocycles. The van der Waals surface area contributed by atoms with Crippen molar-refractivity contribution < 1.29 is 13.2 Å². The second kappa shape index (κ2) is 5.77. The smallest absolute Gasteiger partial charge is 0.389 e. The molecule has 2 N–H and O–H groups in total. The lowest BCUT2D eigenvalue weighted by molar-refractivity contribution is -0.120. The Kier molecular flexibility index (Phi) is 4.79. The lowest BCUT2D eigenvalue weighted by Crippen LogP contribution is -2.40. The van der Waals surface area contributed by atoms with Gasteiger partial charge in [-0.2, -0.15) is 13.2 Å². The summed E-state index contributed by atoms with van der Waals surface area (Å²) >= 11 is 4.93. The van der Waals surface area contributed by atoms with Crippen LogP contribution in [0.4, 0.5) is 18.9 Å². The van der Waals surface area contributed by atoms with E-state index in [-0.39, 0.29) is 11.0 Å². The number of hydrogen-bond acceptors (Lipinski definition) is 2. The first kappa shape index (κ1) is 15.8. The maximum absolute atomic E-state index is 12.7. The molecular formula is C13H17F3N2S. The van der Waals surface area contributed by atoms with Crippen molar-refractivity contribution in [2.24, 2.45) is 5.73 Å². The van der Waals surface area contributed by atoms with Crippen LogP contribution in [0.5, 0.6) is 0 Å². The largest absolute Gasteiger partial charge is 0.405 e. The number of nitrogens with zero attached hydrogens (tertiary/aromatic N) is 1. The number of nitrogens with two attached hydrogens (primary N) is 1. The molecule has 0 aliphatic heterocycles. The summed E-state index contributed by atoms with van der Waals surface area (Å²) in [4.78, 5) is 1.36. The third-order valence-corrected chi connectivity index (χ3v) is 2.92. The summed E-state index contributed by atoms with van der Waals surface area (Å²) in [5.74, 6) is 0. The van der Waals surface area contributed by atoms with Crippen molar-refractivity contribution in [3.8, 4) is 0 Å². The molecule has 2 nitrogen and oxygen atoms in total. The number of anilines is 1. The maximum Gasteiger partial charge on any atom is 0.405 e. The fraction of sp³-hybridized carbons (Fsp3) is 0.462. The number of aryl methyl sites for hydroxylation is 1. The summed E-state index contributed by atoms with van der Waals surface area (Å²) in [5, 5.41) is 0. The van der Waals surface area contributed by atoms with Crippen LogP contribution in [0.3, 0.4) is 0 Å². The summed E-state index contributed by atoms with van der Waals surface area (Å²) in [7, 11) is 0. The van der Waals surface area contributed by atoms with Crippen LogP contribution in [0, 0.1) is 6.92 Å². The van der Waals surface area contributed by atoms with Gasteiger partial charge >= 0.3 is 6.18 Å². The molecule has 6 heteroatoms. The lowest BCUT2D eigenvalue weighted by atomic mass is 10.1. The second-order valence-electron chi connectivity index (χ2n) is 4.72. The highest BCUT2D eigenvalue weighted by Gasteiger charge is 2.32. The zero-order valence-corrected chi connectivity index (χ0v) is 11.9. The molecule has 0 spiro atoms. The van der Waals surface area contributed by atoms with Crippen LogP contribution in [-0.4, -0.2) is 23.8 Å². The van der Waals surface area contributed by atoms with E-state index >= 15 is 0 Å². The standard InChI is InChI=1S/C13H17F3N2S/c1-8(2)18(7-13(14,15)16)11-5-4-9(3)6-10(11)12(17)19/h4-6,8H,7H2,1-3H3,(H2,17,19). The van der Waals surface area contributed by atoms with Crippen LogP contribution in [-0.2, 0) is 0 Å². The molecule has 0 saturated heterocycles. The van der Waals surface area contributed by atoms with Crippen LogP contribution in [0.15, 0.2) is 18.2 Å². The highest BCUT2D eigenvalue weighted by Crippen LogP contribution is 2.28. The molecule has 0 aliphatic rings. The lowest BCUT2D eigenvalue weighted by Gasteiger charge is -2.31. The van der Waals surface area contributed by atoms with E-state index in [0.29, 0.717) is 11.3 Å². The van der Waals surface area contributed by atoms with Gasteiger partial charge in [-0.1, -0.05) is 23.8 Å². The van der Waals surface area contributed by atoms with Crippen molar-refractivity contribution in [2.45, 2.75) is 33.0 Å². The minimum atomic E-state index is -4.28. The van der Waals surface area contributed by atoms with E-state index in [1.54, 1.807) is 32.0 Å². The van der Waals surface area contributed by atoms with Gasteiger partial charge in [0, 0.05) is 17.3 Å². The van der Waals surface area contributed by atoms with Gasteiger partial charge in [-0.25, -0.2) is 0 Å². The predicted octanol–water partition coefficient (Wildman–Crippen LogP) is 3.41. The second-order valence-corrected chi connectivity index (χ2v) is 5.16. The van der Waals surface area contributed by atoms with Gasteiger partial charge in [0.25, 0.3) is 0 Å². The summed E-state index contributed by atoms with van der Waals surface area (Å²) in [5.41, 5.74) is 7.41. The monoisotopic (exact) mass is 290 g/mol. The van der Waals surface area contributed by atoms with Crippen molar-refractivity contribution >= 4 is 22.9 Å². The van der Waals surface area contributed by atoms with Crippen molar-refractivity contribution in [1.82, 2.24) is 0 Å². The number of rotatable bonds is 4. The van der Waals surface area contributed by atoms with E-state index in [1.807, 2.05) is 6.92 Å². The van der Waals surface area contributed by atoms with Gasteiger partial charge in [-0.15, -0.1) is 0 Å². The maximum atomic E-state index is 12.7. The van der Waals surface area contributed by atoms with Crippen LogP contribution in [0.1, 0.15) is 25.0 Å². The quantitative estimate of drug-likeness (QED) is 0.862. The van der Waals surface area contributed by atoms with Crippen molar-refractivity contribution in [3.05, 3.63) is 29.3 Å². The molecule has 0 aromatic heterocycles. The molecule has 19 heavy (non-hydrogen) atoms. The van der Waals surface area contributed by atoms with E-state index < -0.39 is 12.7 Å². The van der Waals surface area contributed by atoms with Gasteiger partial charge in [0.05, 0.1) is 0 Å². The van der Waals surface area contributed by atoms with E-state index in [2.05, 4.69) is 0 Å². The van der Waals surface area contributed by atoms with Crippen LogP contribution >= 0.6 is 12.2 Å².